The fourth-order valence-electron chi connectivity index (χ4n) is 1.76. The molecule has 0 atom stereocenters. The van der Waals surface area contributed by atoms with Crippen molar-refractivity contribution in [3.63, 3.8) is 0 Å². The maximum Gasteiger partial charge on any atom is 2.00 e. The Labute approximate surface area is 164 Å². The Hall–Kier alpha value is -3.55. The first-order valence-electron chi connectivity index (χ1n) is 6.23. The third-order valence-electron chi connectivity index (χ3n) is 2.67. The summed E-state index contributed by atoms with van der Waals surface area (Å²) in [5.74, 6) is 0. The number of rotatable bonds is 1. The number of pyridine rings is 2. The number of hydrogen-bond acceptors (Lipinski definition) is 11. The Morgan fingerprint density at radius 3 is 1.89 bits per heavy atom. The van der Waals surface area contributed by atoms with Gasteiger partial charge in [-0.25, -0.2) is 4.98 Å². The first kappa shape index (κ1) is 23.4. The maximum absolute atomic E-state index is 9.25. The minimum absolute atomic E-state index is 0. The Morgan fingerprint density at radius 2 is 1.48 bits per heavy atom. The Balaban J connectivity index is 0.00000100. The molecule has 0 saturated heterocycles. The molecule has 27 heavy (non-hydrogen) atoms. The second-order valence-corrected chi connectivity index (χ2v) is 5.08. The van der Waals surface area contributed by atoms with Gasteiger partial charge in [-0.2, -0.15) is 21.0 Å². The van der Waals surface area contributed by atoms with E-state index in [1.807, 2.05) is 6.07 Å². The molecule has 2 aromatic heterocycles. The average molecular weight is 423 g/mol. The molecule has 0 aliphatic rings. The van der Waals surface area contributed by atoms with Crippen LogP contribution in [0.15, 0.2) is 18.3 Å². The van der Waals surface area contributed by atoms with Gasteiger partial charge in [-0.05, 0) is 12.1 Å². The summed E-state index contributed by atoms with van der Waals surface area (Å²) in [5.41, 5.74) is 5.61. The molecule has 13 heteroatoms. The number of nitriles is 4. The SMILES string of the molecule is N#Cc1nc(-c2cc(N)ccn2)c(C#N)c(C#N)c1C#N.O=S(=O)([O-])[O-].[Fe+2]. The van der Waals surface area contributed by atoms with Crippen LogP contribution in [0.5, 0.6) is 0 Å². The van der Waals surface area contributed by atoms with Crippen LogP contribution in [0.4, 0.5) is 5.69 Å². The molecule has 0 aliphatic carbocycles. The Bertz CT molecular complexity index is 1130. The number of nitrogens with zero attached hydrogens (tertiary/aromatic N) is 6. The van der Waals surface area contributed by atoms with Crippen LogP contribution in [-0.2, 0) is 27.5 Å². The van der Waals surface area contributed by atoms with Gasteiger partial charge in [-0.15, -0.1) is 0 Å². The van der Waals surface area contributed by atoms with Crippen LogP contribution in [0, 0.1) is 45.3 Å². The van der Waals surface area contributed by atoms with E-state index < -0.39 is 10.4 Å². The van der Waals surface area contributed by atoms with Gasteiger partial charge in [0.2, 0.25) is 0 Å². The first-order valence-corrected chi connectivity index (χ1v) is 7.56. The topological polar surface area (TPSA) is 227 Å². The molecule has 0 aromatic carbocycles. The molecule has 0 aliphatic heterocycles. The van der Waals surface area contributed by atoms with Gasteiger partial charge < -0.3 is 14.8 Å². The quantitative estimate of drug-likeness (QED) is 0.361. The molecule has 2 N–H and O–H groups in total. The predicted octanol–water partition coefficient (Wildman–Crippen LogP) is -0.128. The molecule has 0 radical (unpaired) electrons. The molecule has 0 unspecified atom stereocenters. The number of nitrogens with two attached hydrogens (primary N) is 1. The van der Waals surface area contributed by atoms with E-state index in [0.29, 0.717) is 5.69 Å². The van der Waals surface area contributed by atoms with Gasteiger partial charge in [-0.1, -0.05) is 0 Å². The molecule has 2 heterocycles. The van der Waals surface area contributed by atoms with Crippen LogP contribution in [0.25, 0.3) is 11.4 Å². The van der Waals surface area contributed by atoms with Crippen LogP contribution in [0.1, 0.15) is 22.4 Å². The molecule has 0 saturated carbocycles. The van der Waals surface area contributed by atoms with Gasteiger partial charge in [0, 0.05) is 22.3 Å². The summed E-state index contributed by atoms with van der Waals surface area (Å²) in [5, 5.41) is 36.5. The third kappa shape index (κ3) is 6.35. The predicted molar refractivity (Wildman–Crippen MR) is 81.2 cm³/mol. The van der Waals surface area contributed by atoms with Crippen LogP contribution in [0.3, 0.4) is 0 Å². The van der Waals surface area contributed by atoms with Crippen molar-refractivity contribution in [2.24, 2.45) is 0 Å². The van der Waals surface area contributed by atoms with Gasteiger partial charge in [0.25, 0.3) is 0 Å². The zero-order valence-electron chi connectivity index (χ0n) is 12.9. The molecule has 0 fully saturated rings. The minimum atomic E-state index is -5.17. The summed E-state index contributed by atoms with van der Waals surface area (Å²) in [6.07, 6.45) is 1.42. The van der Waals surface area contributed by atoms with Crippen molar-refractivity contribution in [1.29, 1.82) is 21.0 Å². The number of anilines is 1. The van der Waals surface area contributed by atoms with Crippen LogP contribution >= 0.6 is 0 Å². The zero-order valence-corrected chi connectivity index (χ0v) is 14.8. The molecule has 0 amide bonds. The second-order valence-electron chi connectivity index (χ2n) is 4.26. The smallest absolute Gasteiger partial charge is 0.759 e. The molecular formula is C14H5FeN7O4S. The minimum Gasteiger partial charge on any atom is -0.759 e. The van der Waals surface area contributed by atoms with E-state index >= 15 is 0 Å². The van der Waals surface area contributed by atoms with Gasteiger partial charge >= 0.3 is 17.1 Å². The summed E-state index contributed by atoms with van der Waals surface area (Å²) in [6, 6.07) is 10.1. The van der Waals surface area contributed by atoms with Crippen molar-refractivity contribution >= 4 is 16.1 Å². The van der Waals surface area contributed by atoms with Crippen molar-refractivity contribution in [3.05, 3.63) is 40.7 Å². The zero-order chi connectivity index (χ0) is 19.9. The van der Waals surface area contributed by atoms with Gasteiger partial charge in [-0.3, -0.25) is 13.4 Å². The fraction of sp³-hybridized carbons (Fsp3) is 0. The average Bonchev–Trinajstić information content (AvgIpc) is 2.58. The maximum atomic E-state index is 9.25. The third-order valence-corrected chi connectivity index (χ3v) is 2.67. The van der Waals surface area contributed by atoms with E-state index in [2.05, 4.69) is 9.97 Å². The second kappa shape index (κ2) is 9.81. The number of aromatic nitrogens is 2. The summed E-state index contributed by atoms with van der Waals surface area (Å²) in [6.45, 7) is 0. The van der Waals surface area contributed by atoms with Crippen molar-refractivity contribution < 1.29 is 34.6 Å². The van der Waals surface area contributed by atoms with Crippen molar-refractivity contribution in [2.45, 2.75) is 0 Å². The fourth-order valence-corrected chi connectivity index (χ4v) is 1.76. The molecule has 2 aromatic rings. The van der Waals surface area contributed by atoms with E-state index in [-0.39, 0.29) is 50.8 Å². The van der Waals surface area contributed by atoms with Crippen molar-refractivity contribution in [3.8, 4) is 35.7 Å². The number of hydrogen-bond donors (Lipinski definition) is 1. The first-order chi connectivity index (χ1) is 12.2. The van der Waals surface area contributed by atoms with E-state index in [0.717, 1.165) is 0 Å². The van der Waals surface area contributed by atoms with Crippen LogP contribution in [-0.4, -0.2) is 27.5 Å². The summed E-state index contributed by atoms with van der Waals surface area (Å²) < 4.78 is 34.1. The van der Waals surface area contributed by atoms with Gasteiger partial charge in [0.05, 0.1) is 16.8 Å². The molecule has 11 nitrogen and oxygen atoms in total. The van der Waals surface area contributed by atoms with Crippen LogP contribution < -0.4 is 5.73 Å². The van der Waals surface area contributed by atoms with Crippen molar-refractivity contribution in [1.82, 2.24) is 9.97 Å². The summed E-state index contributed by atoms with van der Waals surface area (Å²) in [7, 11) is -5.17. The molecular weight excluding hydrogens is 418 g/mol. The van der Waals surface area contributed by atoms with E-state index in [4.69, 9.17) is 33.8 Å². The van der Waals surface area contributed by atoms with Crippen molar-refractivity contribution in [2.75, 3.05) is 5.73 Å². The van der Waals surface area contributed by atoms with E-state index in [9.17, 15) is 10.5 Å². The molecule has 2 rings (SSSR count). The Kier molecular flexibility index (Phi) is 8.52. The molecule has 134 valence electrons. The number of nitrogen functional groups attached to an aromatic ring is 1. The largest absolute Gasteiger partial charge is 2.00 e. The van der Waals surface area contributed by atoms with Gasteiger partial charge in [0.1, 0.15) is 35.5 Å². The normalized spacial score (nSPS) is 9.11. The standard InChI is InChI=1S/C14H5N7.Fe.H2O4S/c15-4-9-10(5-16)13(7-18)21-14(11(9)6-17)12-3-8(19)1-2-20-12;;1-5(2,3)4/h1-3H,(H2,19,20);;(H2,1,2,3,4)/q;+2;/p-2. The Morgan fingerprint density at radius 1 is 0.963 bits per heavy atom. The van der Waals surface area contributed by atoms with E-state index in [1.165, 1.54) is 12.3 Å². The molecule has 0 bridgehead atoms. The summed E-state index contributed by atoms with van der Waals surface area (Å²) >= 11 is 0. The molecule has 0 spiro atoms. The van der Waals surface area contributed by atoms with Crippen LogP contribution in [0.2, 0.25) is 0 Å². The monoisotopic (exact) mass is 423 g/mol. The summed E-state index contributed by atoms with van der Waals surface area (Å²) in [4.78, 5) is 8.01. The van der Waals surface area contributed by atoms with E-state index in [1.54, 1.807) is 24.3 Å². The van der Waals surface area contributed by atoms with Gasteiger partial charge in [0.15, 0.2) is 5.69 Å².